The summed E-state index contributed by atoms with van der Waals surface area (Å²) in [4.78, 5) is 2.53. The van der Waals surface area contributed by atoms with E-state index >= 15 is 0 Å². The van der Waals surface area contributed by atoms with Crippen molar-refractivity contribution in [2.45, 2.75) is 45.8 Å². The van der Waals surface area contributed by atoms with Gasteiger partial charge in [0.05, 0.1) is 12.2 Å². The number of morpholine rings is 1. The zero-order valence-electron chi connectivity index (χ0n) is 10.5. The molecule has 2 unspecified atom stereocenters. The Balaban J connectivity index is 2.04. The smallest absolute Gasteiger partial charge is 0.0678 e. The molecule has 1 rings (SSSR count). The minimum atomic E-state index is 0.405. The van der Waals surface area contributed by atoms with E-state index < -0.39 is 0 Å². The molecule has 0 radical (unpaired) electrons. The molecule has 1 saturated heterocycles. The Kier molecular flexibility index (Phi) is 6.22. The van der Waals surface area contributed by atoms with Gasteiger partial charge < -0.3 is 10.1 Å². The van der Waals surface area contributed by atoms with E-state index in [4.69, 9.17) is 4.74 Å². The lowest BCUT2D eigenvalue weighted by Gasteiger charge is -2.35. The van der Waals surface area contributed by atoms with Gasteiger partial charge in [0.2, 0.25) is 0 Å². The number of nitrogens with zero attached hydrogens (tertiary/aromatic N) is 1. The molecule has 1 aliphatic rings. The van der Waals surface area contributed by atoms with Crippen LogP contribution in [0, 0.1) is 0 Å². The fourth-order valence-corrected chi connectivity index (χ4v) is 2.23. The first-order valence-electron chi connectivity index (χ1n) is 6.31. The van der Waals surface area contributed by atoms with Crippen LogP contribution in [-0.2, 0) is 4.74 Å². The molecular formula is C12H26N2O. The first-order chi connectivity index (χ1) is 7.22. The predicted molar refractivity (Wildman–Crippen MR) is 64.2 cm³/mol. The topological polar surface area (TPSA) is 24.5 Å². The Morgan fingerprint density at radius 3 is 2.47 bits per heavy atom. The molecule has 1 N–H and O–H groups in total. The Morgan fingerprint density at radius 2 is 1.87 bits per heavy atom. The maximum atomic E-state index is 5.71. The SMILES string of the molecule is CCNCCCCN1CC(C)OC(C)C1. The molecule has 0 aromatic heterocycles. The molecular weight excluding hydrogens is 188 g/mol. The molecule has 3 nitrogen and oxygen atoms in total. The Labute approximate surface area is 94.2 Å². The van der Waals surface area contributed by atoms with Crippen molar-refractivity contribution in [3.63, 3.8) is 0 Å². The van der Waals surface area contributed by atoms with Crippen molar-refractivity contribution in [3.8, 4) is 0 Å². The standard InChI is InChI=1S/C12H26N2O/c1-4-13-7-5-6-8-14-9-11(2)15-12(3)10-14/h11-13H,4-10H2,1-3H3. The molecule has 2 atom stereocenters. The van der Waals surface area contributed by atoms with Crippen LogP contribution in [0.15, 0.2) is 0 Å². The summed E-state index contributed by atoms with van der Waals surface area (Å²) in [6.45, 7) is 12.2. The van der Waals surface area contributed by atoms with Crippen LogP contribution in [0.25, 0.3) is 0 Å². The van der Waals surface area contributed by atoms with E-state index in [1.54, 1.807) is 0 Å². The van der Waals surface area contributed by atoms with Gasteiger partial charge >= 0.3 is 0 Å². The van der Waals surface area contributed by atoms with Crippen molar-refractivity contribution in [1.82, 2.24) is 10.2 Å². The molecule has 90 valence electrons. The van der Waals surface area contributed by atoms with Crippen LogP contribution in [0.3, 0.4) is 0 Å². The van der Waals surface area contributed by atoms with Gasteiger partial charge in [-0.25, -0.2) is 0 Å². The zero-order chi connectivity index (χ0) is 11.1. The Hall–Kier alpha value is -0.120. The highest BCUT2D eigenvalue weighted by Crippen LogP contribution is 2.10. The highest BCUT2D eigenvalue weighted by Gasteiger charge is 2.21. The molecule has 1 aliphatic heterocycles. The van der Waals surface area contributed by atoms with Gasteiger partial charge in [0.1, 0.15) is 0 Å². The van der Waals surface area contributed by atoms with Crippen molar-refractivity contribution in [3.05, 3.63) is 0 Å². The van der Waals surface area contributed by atoms with Gasteiger partial charge in [-0.1, -0.05) is 6.92 Å². The molecule has 0 bridgehead atoms. The fourth-order valence-electron chi connectivity index (χ4n) is 2.23. The van der Waals surface area contributed by atoms with Crippen molar-refractivity contribution >= 4 is 0 Å². The average Bonchev–Trinajstić information content (AvgIpc) is 2.16. The molecule has 0 aromatic carbocycles. The van der Waals surface area contributed by atoms with Crippen LogP contribution in [0.1, 0.15) is 33.6 Å². The summed E-state index contributed by atoms with van der Waals surface area (Å²) in [5, 5.41) is 3.36. The normalized spacial score (nSPS) is 28.2. The monoisotopic (exact) mass is 214 g/mol. The Morgan fingerprint density at radius 1 is 1.20 bits per heavy atom. The summed E-state index contributed by atoms with van der Waals surface area (Å²) in [5.74, 6) is 0. The van der Waals surface area contributed by atoms with E-state index in [2.05, 4.69) is 31.0 Å². The average molecular weight is 214 g/mol. The largest absolute Gasteiger partial charge is 0.373 e. The van der Waals surface area contributed by atoms with Gasteiger partial charge in [0.25, 0.3) is 0 Å². The van der Waals surface area contributed by atoms with Crippen LogP contribution in [-0.4, -0.2) is 49.8 Å². The van der Waals surface area contributed by atoms with Crippen LogP contribution < -0.4 is 5.32 Å². The Bertz CT molecular complexity index is 154. The number of ether oxygens (including phenoxy) is 1. The first kappa shape index (κ1) is 12.9. The molecule has 0 aliphatic carbocycles. The summed E-state index contributed by atoms with van der Waals surface area (Å²) < 4.78 is 5.71. The second-order valence-electron chi connectivity index (χ2n) is 4.58. The lowest BCUT2D eigenvalue weighted by molar-refractivity contribution is -0.0681. The van der Waals surface area contributed by atoms with Gasteiger partial charge in [-0.05, 0) is 46.3 Å². The van der Waals surface area contributed by atoms with Gasteiger partial charge in [-0.3, -0.25) is 4.90 Å². The highest BCUT2D eigenvalue weighted by molar-refractivity contribution is 4.72. The summed E-state index contributed by atoms with van der Waals surface area (Å²) in [6.07, 6.45) is 3.39. The third-order valence-electron chi connectivity index (χ3n) is 2.82. The van der Waals surface area contributed by atoms with Crippen molar-refractivity contribution in [2.24, 2.45) is 0 Å². The number of hydrogen-bond acceptors (Lipinski definition) is 3. The lowest BCUT2D eigenvalue weighted by Crippen LogP contribution is -2.45. The van der Waals surface area contributed by atoms with Crippen LogP contribution in [0.5, 0.6) is 0 Å². The molecule has 1 heterocycles. The number of unbranched alkanes of at least 4 members (excludes halogenated alkanes) is 1. The highest BCUT2D eigenvalue weighted by atomic mass is 16.5. The second-order valence-corrected chi connectivity index (χ2v) is 4.58. The summed E-state index contributed by atoms with van der Waals surface area (Å²) >= 11 is 0. The third kappa shape index (κ3) is 5.50. The van der Waals surface area contributed by atoms with E-state index in [0.717, 1.165) is 26.2 Å². The van der Waals surface area contributed by atoms with Gasteiger partial charge in [-0.15, -0.1) is 0 Å². The van der Waals surface area contributed by atoms with Crippen LogP contribution in [0.2, 0.25) is 0 Å². The molecule has 0 aromatic rings. The quantitative estimate of drug-likeness (QED) is 0.678. The minimum Gasteiger partial charge on any atom is -0.373 e. The molecule has 0 saturated carbocycles. The molecule has 3 heteroatoms. The molecule has 15 heavy (non-hydrogen) atoms. The zero-order valence-corrected chi connectivity index (χ0v) is 10.5. The first-order valence-corrected chi connectivity index (χ1v) is 6.31. The number of rotatable bonds is 6. The van der Waals surface area contributed by atoms with Crippen LogP contribution >= 0.6 is 0 Å². The second kappa shape index (κ2) is 7.20. The van der Waals surface area contributed by atoms with Gasteiger partial charge in [0, 0.05) is 13.1 Å². The maximum absolute atomic E-state index is 5.71. The minimum absolute atomic E-state index is 0.405. The van der Waals surface area contributed by atoms with E-state index in [-0.39, 0.29) is 0 Å². The van der Waals surface area contributed by atoms with Crippen molar-refractivity contribution in [2.75, 3.05) is 32.7 Å². The molecule has 0 spiro atoms. The van der Waals surface area contributed by atoms with Crippen molar-refractivity contribution < 1.29 is 4.74 Å². The molecule has 1 fully saturated rings. The van der Waals surface area contributed by atoms with Crippen molar-refractivity contribution in [1.29, 1.82) is 0 Å². The van der Waals surface area contributed by atoms with E-state index in [9.17, 15) is 0 Å². The van der Waals surface area contributed by atoms with E-state index in [1.165, 1.54) is 19.4 Å². The van der Waals surface area contributed by atoms with Gasteiger partial charge in [-0.2, -0.15) is 0 Å². The summed E-state index contributed by atoms with van der Waals surface area (Å²) in [6, 6.07) is 0. The third-order valence-corrected chi connectivity index (χ3v) is 2.82. The van der Waals surface area contributed by atoms with Crippen LogP contribution in [0.4, 0.5) is 0 Å². The lowest BCUT2D eigenvalue weighted by atomic mass is 10.2. The molecule has 0 amide bonds. The number of nitrogens with one attached hydrogen (secondary N) is 1. The number of hydrogen-bond donors (Lipinski definition) is 1. The van der Waals surface area contributed by atoms with E-state index in [0.29, 0.717) is 12.2 Å². The summed E-state index contributed by atoms with van der Waals surface area (Å²) in [7, 11) is 0. The maximum Gasteiger partial charge on any atom is 0.0678 e. The summed E-state index contributed by atoms with van der Waals surface area (Å²) in [5.41, 5.74) is 0. The predicted octanol–water partition coefficient (Wildman–Crippen LogP) is 1.49. The van der Waals surface area contributed by atoms with E-state index in [1.807, 2.05) is 0 Å². The van der Waals surface area contributed by atoms with Gasteiger partial charge in [0.15, 0.2) is 0 Å². The fraction of sp³-hybridized carbons (Fsp3) is 1.00.